The van der Waals surface area contributed by atoms with E-state index in [0.717, 1.165) is 6.04 Å². The van der Waals surface area contributed by atoms with Gasteiger partial charge < -0.3 is 9.64 Å². The Morgan fingerprint density at radius 2 is 1.71 bits per heavy atom. The molecule has 3 aliphatic heterocycles. The summed E-state index contributed by atoms with van der Waals surface area (Å²) in [5.41, 5.74) is 4.21. The molecule has 0 saturated carbocycles. The predicted molar refractivity (Wildman–Crippen MR) is 114 cm³/mol. The number of hydrogen-bond acceptors (Lipinski definition) is 3. The van der Waals surface area contributed by atoms with Crippen LogP contribution in [0.1, 0.15) is 54.4 Å². The molecule has 3 heterocycles. The molecular formula is C25H32N2O. The van der Waals surface area contributed by atoms with Crippen LogP contribution in [0.3, 0.4) is 0 Å². The van der Waals surface area contributed by atoms with Crippen molar-refractivity contribution in [2.24, 2.45) is 0 Å². The Balaban J connectivity index is 1.45. The Morgan fingerprint density at radius 3 is 2.50 bits per heavy atom. The summed E-state index contributed by atoms with van der Waals surface area (Å²) in [5.74, 6) is 0.554. The van der Waals surface area contributed by atoms with E-state index >= 15 is 0 Å². The standard InChI is InChI=1S/C25H32N2O/c1-26(2)15-8-16-27-19-13-14-23(27)25-22(17-19)20-11-6-7-12-21(20)24(28-25)18-9-4-3-5-10-18/h3-7,9-12,19,22-25H,8,13-17H2,1-2H3/t19-,22?,23-,24?,25?/m1/s1. The normalized spacial score (nSPS) is 31.6. The molecule has 2 saturated heterocycles. The van der Waals surface area contributed by atoms with Crippen molar-refractivity contribution in [2.75, 3.05) is 27.2 Å². The van der Waals surface area contributed by atoms with Crippen molar-refractivity contribution in [3.05, 3.63) is 71.3 Å². The largest absolute Gasteiger partial charge is 0.363 e. The van der Waals surface area contributed by atoms with Crippen molar-refractivity contribution >= 4 is 0 Å². The van der Waals surface area contributed by atoms with Crippen LogP contribution in [0.4, 0.5) is 0 Å². The fraction of sp³-hybridized carbons (Fsp3) is 0.520. The van der Waals surface area contributed by atoms with Gasteiger partial charge in [0.25, 0.3) is 0 Å². The van der Waals surface area contributed by atoms with E-state index in [1.165, 1.54) is 55.5 Å². The van der Waals surface area contributed by atoms with Crippen molar-refractivity contribution in [3.63, 3.8) is 0 Å². The zero-order valence-electron chi connectivity index (χ0n) is 17.1. The molecular weight excluding hydrogens is 344 g/mol. The zero-order chi connectivity index (χ0) is 19.1. The van der Waals surface area contributed by atoms with Gasteiger partial charge >= 0.3 is 0 Å². The number of rotatable bonds is 5. The molecule has 3 heteroatoms. The summed E-state index contributed by atoms with van der Waals surface area (Å²) >= 11 is 0. The molecule has 0 amide bonds. The first-order valence-corrected chi connectivity index (χ1v) is 10.9. The number of fused-ring (bicyclic) bond motifs is 6. The highest BCUT2D eigenvalue weighted by Crippen LogP contribution is 2.51. The average molecular weight is 377 g/mol. The van der Waals surface area contributed by atoms with Gasteiger partial charge in [-0.2, -0.15) is 0 Å². The molecule has 0 N–H and O–H groups in total. The monoisotopic (exact) mass is 376 g/mol. The highest BCUT2D eigenvalue weighted by molar-refractivity contribution is 5.42. The van der Waals surface area contributed by atoms with E-state index in [-0.39, 0.29) is 6.10 Å². The second-order valence-electron chi connectivity index (χ2n) is 9.06. The number of nitrogens with zero attached hydrogens (tertiary/aromatic N) is 2. The van der Waals surface area contributed by atoms with E-state index in [9.17, 15) is 0 Å². The molecule has 0 radical (unpaired) electrons. The van der Waals surface area contributed by atoms with Crippen LogP contribution in [0.5, 0.6) is 0 Å². The van der Waals surface area contributed by atoms with Gasteiger partial charge in [-0.05, 0) is 63.0 Å². The van der Waals surface area contributed by atoms with Gasteiger partial charge in [-0.3, -0.25) is 4.90 Å². The van der Waals surface area contributed by atoms with E-state index < -0.39 is 0 Å². The lowest BCUT2D eigenvalue weighted by Crippen LogP contribution is -2.54. The highest BCUT2D eigenvalue weighted by Gasteiger charge is 2.51. The Labute approximate surface area is 169 Å². The zero-order valence-corrected chi connectivity index (χ0v) is 17.1. The molecule has 2 aromatic rings. The van der Waals surface area contributed by atoms with Gasteiger partial charge in [-0.25, -0.2) is 0 Å². The van der Waals surface area contributed by atoms with E-state index in [1.807, 2.05) is 0 Å². The maximum atomic E-state index is 6.94. The minimum atomic E-state index is 0.0689. The maximum Gasteiger partial charge on any atom is 0.108 e. The molecule has 2 bridgehead atoms. The molecule has 2 fully saturated rings. The SMILES string of the molecule is CN(C)CCCN1[C@@H]2CC[C@@H]1C1OC(c3ccccc3)c3ccccc3C1C2. The molecule has 0 spiro atoms. The number of ether oxygens (including phenoxy) is 1. The van der Waals surface area contributed by atoms with Gasteiger partial charge in [0.05, 0.1) is 6.10 Å². The molecule has 148 valence electrons. The lowest BCUT2D eigenvalue weighted by molar-refractivity contribution is -0.0902. The van der Waals surface area contributed by atoms with Crippen LogP contribution >= 0.6 is 0 Å². The molecule has 5 rings (SSSR count). The molecule has 0 aromatic heterocycles. The summed E-state index contributed by atoms with van der Waals surface area (Å²) in [6, 6.07) is 21.1. The average Bonchev–Trinajstić information content (AvgIpc) is 3.00. The molecule has 28 heavy (non-hydrogen) atoms. The summed E-state index contributed by atoms with van der Waals surface area (Å²) in [5, 5.41) is 0. The van der Waals surface area contributed by atoms with E-state index in [0.29, 0.717) is 18.1 Å². The van der Waals surface area contributed by atoms with Crippen molar-refractivity contribution < 1.29 is 4.74 Å². The molecule has 0 aliphatic carbocycles. The van der Waals surface area contributed by atoms with E-state index in [1.54, 1.807) is 0 Å². The Hall–Kier alpha value is -1.68. The number of hydrogen-bond donors (Lipinski definition) is 0. The molecule has 5 atom stereocenters. The van der Waals surface area contributed by atoms with Crippen LogP contribution in [0.25, 0.3) is 0 Å². The first-order valence-electron chi connectivity index (χ1n) is 10.9. The van der Waals surface area contributed by atoms with Crippen LogP contribution in [0.2, 0.25) is 0 Å². The third-order valence-electron chi connectivity index (χ3n) is 7.09. The minimum Gasteiger partial charge on any atom is -0.363 e. The number of benzene rings is 2. The van der Waals surface area contributed by atoms with Crippen molar-refractivity contribution in [3.8, 4) is 0 Å². The van der Waals surface area contributed by atoms with E-state index in [2.05, 4.69) is 78.5 Å². The summed E-state index contributed by atoms with van der Waals surface area (Å²) in [6.45, 7) is 2.37. The highest BCUT2D eigenvalue weighted by atomic mass is 16.5. The lowest BCUT2D eigenvalue weighted by atomic mass is 9.76. The topological polar surface area (TPSA) is 15.7 Å². The first-order chi connectivity index (χ1) is 13.7. The second kappa shape index (κ2) is 7.62. The lowest BCUT2D eigenvalue weighted by Gasteiger charge is -2.49. The second-order valence-corrected chi connectivity index (χ2v) is 9.06. The first kappa shape index (κ1) is 18.4. The Morgan fingerprint density at radius 1 is 0.964 bits per heavy atom. The van der Waals surface area contributed by atoms with Crippen LogP contribution < -0.4 is 0 Å². The minimum absolute atomic E-state index is 0.0689. The Bertz CT molecular complexity index is 805. The number of piperidine rings is 1. The molecule has 3 unspecified atom stereocenters. The molecule has 3 aliphatic rings. The third-order valence-corrected chi connectivity index (χ3v) is 7.09. The fourth-order valence-electron chi connectivity index (χ4n) is 5.88. The van der Waals surface area contributed by atoms with Gasteiger partial charge in [0.15, 0.2) is 0 Å². The van der Waals surface area contributed by atoms with Gasteiger partial charge in [0.1, 0.15) is 6.10 Å². The smallest absolute Gasteiger partial charge is 0.108 e. The molecule has 2 aromatic carbocycles. The van der Waals surface area contributed by atoms with Gasteiger partial charge in [0.2, 0.25) is 0 Å². The Kier molecular flexibility index (Phi) is 5.00. The van der Waals surface area contributed by atoms with Gasteiger partial charge in [-0.15, -0.1) is 0 Å². The van der Waals surface area contributed by atoms with Crippen LogP contribution in [0.15, 0.2) is 54.6 Å². The molecule has 3 nitrogen and oxygen atoms in total. The third kappa shape index (κ3) is 3.20. The fourth-order valence-corrected chi connectivity index (χ4v) is 5.88. The summed E-state index contributed by atoms with van der Waals surface area (Å²) in [4.78, 5) is 5.09. The van der Waals surface area contributed by atoms with E-state index in [4.69, 9.17) is 4.74 Å². The quantitative estimate of drug-likeness (QED) is 0.767. The van der Waals surface area contributed by atoms with Crippen molar-refractivity contribution in [2.45, 2.75) is 55.9 Å². The summed E-state index contributed by atoms with van der Waals surface area (Å²) in [6.07, 6.45) is 5.51. The summed E-state index contributed by atoms with van der Waals surface area (Å²) < 4.78 is 6.94. The van der Waals surface area contributed by atoms with Crippen LogP contribution in [-0.2, 0) is 4.74 Å². The van der Waals surface area contributed by atoms with Gasteiger partial charge in [0, 0.05) is 24.5 Å². The van der Waals surface area contributed by atoms with Crippen molar-refractivity contribution in [1.29, 1.82) is 0 Å². The van der Waals surface area contributed by atoms with Crippen LogP contribution in [-0.4, -0.2) is 55.2 Å². The summed E-state index contributed by atoms with van der Waals surface area (Å²) in [7, 11) is 4.35. The maximum absolute atomic E-state index is 6.94. The van der Waals surface area contributed by atoms with Crippen molar-refractivity contribution in [1.82, 2.24) is 9.80 Å². The predicted octanol–water partition coefficient (Wildman–Crippen LogP) is 4.45. The van der Waals surface area contributed by atoms with Gasteiger partial charge in [-0.1, -0.05) is 54.6 Å². The van der Waals surface area contributed by atoms with Crippen LogP contribution in [0, 0.1) is 0 Å².